The molecule has 0 heterocycles. The Morgan fingerprint density at radius 2 is 0.760 bits per heavy atom. The van der Waals surface area contributed by atoms with Gasteiger partial charge in [0.05, 0.1) is 18.8 Å². The molecule has 7 heteroatoms. The molecule has 0 aromatic carbocycles. The molecule has 0 unspecified atom stereocenters. The number of hydrogen-bond donors (Lipinski definition) is 3. The van der Waals surface area contributed by atoms with Crippen molar-refractivity contribution >= 4 is 17.3 Å². The summed E-state index contributed by atoms with van der Waals surface area (Å²) >= 11 is 0. The average molecular weight is 387 g/mol. The molecular formula is C18H24O6V. The van der Waals surface area contributed by atoms with E-state index in [-0.39, 0.29) is 35.9 Å². The molecule has 1 radical (unpaired) electrons. The van der Waals surface area contributed by atoms with Gasteiger partial charge in [0.25, 0.3) is 0 Å². The molecule has 6 nitrogen and oxygen atoms in total. The van der Waals surface area contributed by atoms with Crippen LogP contribution in [0.15, 0.2) is 35.5 Å². The Kier molecular flexibility index (Phi) is 11.7. The number of hydrogen-bond acceptors (Lipinski definition) is 6. The first kappa shape index (κ1) is 23.2. The van der Waals surface area contributed by atoms with Crippen LogP contribution in [0.4, 0.5) is 0 Å². The van der Waals surface area contributed by atoms with Crippen LogP contribution in [0, 0.1) is 0 Å². The molecule has 0 aromatic rings. The third-order valence-electron chi connectivity index (χ3n) is 4.09. The predicted octanol–water partition coefficient (Wildman–Crippen LogP) is 3.54. The number of carbonyl (C=O) groups is 3. The quantitative estimate of drug-likeness (QED) is 0.433. The largest absolute Gasteiger partial charge is 0.515 e. The fourth-order valence-corrected chi connectivity index (χ4v) is 2.63. The number of rotatable bonds is 0. The number of aliphatic hydroxyl groups excluding tert-OH is 3. The third kappa shape index (κ3) is 7.75. The third-order valence-corrected chi connectivity index (χ3v) is 4.09. The van der Waals surface area contributed by atoms with Crippen molar-refractivity contribution in [3.63, 3.8) is 0 Å². The average Bonchev–Trinajstić information content (AvgIpc) is 3.29. The van der Waals surface area contributed by atoms with E-state index in [2.05, 4.69) is 0 Å². The van der Waals surface area contributed by atoms with Crippen LogP contribution in [0.2, 0.25) is 0 Å². The number of ketones is 3. The fourth-order valence-electron chi connectivity index (χ4n) is 2.63. The summed E-state index contributed by atoms with van der Waals surface area (Å²) in [7, 11) is 0. The van der Waals surface area contributed by atoms with Crippen LogP contribution in [0.5, 0.6) is 0 Å². The predicted molar refractivity (Wildman–Crippen MR) is 88.7 cm³/mol. The van der Waals surface area contributed by atoms with Crippen molar-refractivity contribution in [3.8, 4) is 0 Å². The molecule has 3 aliphatic carbocycles. The molecule has 0 aliphatic heterocycles. The molecule has 3 saturated carbocycles. The van der Waals surface area contributed by atoms with Gasteiger partial charge in [0.15, 0.2) is 17.3 Å². The monoisotopic (exact) mass is 387 g/mol. The van der Waals surface area contributed by atoms with Gasteiger partial charge in [-0.3, -0.25) is 14.4 Å². The van der Waals surface area contributed by atoms with Gasteiger partial charge in [-0.1, -0.05) is 0 Å². The van der Waals surface area contributed by atoms with Crippen molar-refractivity contribution in [2.75, 3.05) is 0 Å². The van der Waals surface area contributed by atoms with E-state index in [0.717, 1.165) is 57.3 Å². The molecule has 0 amide bonds. The van der Waals surface area contributed by atoms with Gasteiger partial charge in [-0.2, -0.15) is 0 Å². The molecule has 0 spiro atoms. The van der Waals surface area contributed by atoms with Crippen LogP contribution >= 0.6 is 0 Å². The molecule has 0 aromatic heterocycles. The van der Waals surface area contributed by atoms with Crippen molar-refractivity contribution in [3.05, 3.63) is 35.5 Å². The summed E-state index contributed by atoms with van der Waals surface area (Å²) in [6.45, 7) is 0. The maximum atomic E-state index is 10.6. The molecule has 25 heavy (non-hydrogen) atoms. The normalized spacial score (nSPS) is 24.0. The van der Waals surface area contributed by atoms with Gasteiger partial charge in [-0.05, 0) is 38.5 Å². The minimum absolute atomic E-state index is 0. The van der Waals surface area contributed by atoms with Gasteiger partial charge in [0.1, 0.15) is 0 Å². The molecule has 3 fully saturated rings. The first-order valence-electron chi connectivity index (χ1n) is 8.12. The first-order chi connectivity index (χ1) is 11.5. The van der Waals surface area contributed by atoms with Crippen LogP contribution < -0.4 is 0 Å². The topological polar surface area (TPSA) is 112 Å². The standard InChI is InChI=1S/3C6H8O2.V/c3*7-4-5-2-1-3-6(5)8;/h3*4,7H,1-3H2;/b3*5-4+;. The molecule has 137 valence electrons. The summed E-state index contributed by atoms with van der Waals surface area (Å²) in [5.74, 6) is 0.313. The summed E-state index contributed by atoms with van der Waals surface area (Å²) in [6, 6.07) is 0. The Balaban J connectivity index is 0.000000339. The van der Waals surface area contributed by atoms with E-state index < -0.39 is 0 Å². The summed E-state index contributed by atoms with van der Waals surface area (Å²) in [5, 5.41) is 25.1. The van der Waals surface area contributed by atoms with Crippen molar-refractivity contribution < 1.29 is 48.3 Å². The Bertz CT molecular complexity index is 493. The Morgan fingerprint density at radius 1 is 0.520 bits per heavy atom. The zero-order valence-electron chi connectivity index (χ0n) is 14.1. The smallest absolute Gasteiger partial charge is 0.161 e. The number of allylic oxidation sites excluding steroid dienone is 3. The second-order valence-electron chi connectivity index (χ2n) is 5.79. The van der Waals surface area contributed by atoms with Gasteiger partial charge < -0.3 is 15.3 Å². The van der Waals surface area contributed by atoms with Gasteiger partial charge in [0, 0.05) is 54.5 Å². The Hall–Kier alpha value is -1.79. The van der Waals surface area contributed by atoms with Gasteiger partial charge in [-0.25, -0.2) is 0 Å². The second kappa shape index (κ2) is 12.6. The summed E-state index contributed by atoms with van der Waals surface area (Å²) < 4.78 is 0. The van der Waals surface area contributed by atoms with E-state index in [9.17, 15) is 14.4 Å². The first-order valence-corrected chi connectivity index (χ1v) is 8.12. The maximum absolute atomic E-state index is 10.6. The van der Waals surface area contributed by atoms with Crippen LogP contribution in [0.3, 0.4) is 0 Å². The van der Waals surface area contributed by atoms with E-state index in [1.165, 1.54) is 0 Å². The fraction of sp³-hybridized carbons (Fsp3) is 0.500. The van der Waals surface area contributed by atoms with Crippen molar-refractivity contribution in [2.45, 2.75) is 57.8 Å². The number of Topliss-reactive ketones (excluding diaryl/α,β-unsaturated/α-hetero) is 3. The van der Waals surface area contributed by atoms with Crippen LogP contribution in [-0.4, -0.2) is 32.7 Å². The summed E-state index contributed by atoms with van der Waals surface area (Å²) in [6.07, 6.45) is 9.63. The molecule has 0 atom stereocenters. The Morgan fingerprint density at radius 3 is 0.840 bits per heavy atom. The SMILES string of the molecule is O=C1CCC/C1=C\O.O=C1CCC/C1=C\O.O=C1CCC/C1=C\O.[V]. The Labute approximate surface area is 159 Å². The minimum Gasteiger partial charge on any atom is -0.515 e. The second-order valence-corrected chi connectivity index (χ2v) is 5.79. The van der Waals surface area contributed by atoms with Gasteiger partial charge in [-0.15, -0.1) is 0 Å². The van der Waals surface area contributed by atoms with E-state index in [4.69, 9.17) is 15.3 Å². The molecule has 0 saturated heterocycles. The van der Waals surface area contributed by atoms with Crippen molar-refractivity contribution in [1.82, 2.24) is 0 Å². The number of carbonyl (C=O) groups excluding carboxylic acids is 3. The molecule has 3 aliphatic rings. The molecule has 3 rings (SSSR count). The molecule has 3 N–H and O–H groups in total. The van der Waals surface area contributed by atoms with Crippen molar-refractivity contribution in [1.29, 1.82) is 0 Å². The van der Waals surface area contributed by atoms with E-state index in [1.807, 2.05) is 0 Å². The zero-order valence-corrected chi connectivity index (χ0v) is 15.5. The summed E-state index contributed by atoms with van der Waals surface area (Å²) in [4.78, 5) is 31.7. The zero-order chi connectivity index (χ0) is 17.9. The minimum atomic E-state index is 0. The molecule has 0 bridgehead atoms. The van der Waals surface area contributed by atoms with E-state index >= 15 is 0 Å². The molecular weight excluding hydrogens is 363 g/mol. The van der Waals surface area contributed by atoms with Crippen LogP contribution in [0.25, 0.3) is 0 Å². The van der Waals surface area contributed by atoms with E-state index in [0.29, 0.717) is 36.0 Å². The van der Waals surface area contributed by atoms with Gasteiger partial charge in [0.2, 0.25) is 0 Å². The van der Waals surface area contributed by atoms with Crippen LogP contribution in [-0.2, 0) is 32.9 Å². The summed E-state index contributed by atoms with van der Waals surface area (Å²) in [5.41, 5.74) is 1.76. The van der Waals surface area contributed by atoms with Crippen LogP contribution in [0.1, 0.15) is 57.8 Å². The van der Waals surface area contributed by atoms with E-state index in [1.54, 1.807) is 0 Å². The van der Waals surface area contributed by atoms with Crippen molar-refractivity contribution in [2.24, 2.45) is 0 Å². The maximum Gasteiger partial charge on any atom is 0.161 e. The number of aliphatic hydroxyl groups is 3. The van der Waals surface area contributed by atoms with Gasteiger partial charge >= 0.3 is 0 Å².